The Balaban J connectivity index is 0.00000200. The van der Waals surface area contributed by atoms with Gasteiger partial charge in [0.2, 0.25) is 5.91 Å². The first-order valence-corrected chi connectivity index (χ1v) is 6.60. The summed E-state index contributed by atoms with van der Waals surface area (Å²) in [4.78, 5) is 11.8. The molecule has 2 N–H and O–H groups in total. The van der Waals surface area contributed by atoms with E-state index in [1.165, 1.54) is 18.2 Å². The first-order chi connectivity index (χ1) is 9.18. The predicted octanol–water partition coefficient (Wildman–Crippen LogP) is 2.04. The Bertz CT molecular complexity index is 431. The second-order valence-corrected chi connectivity index (χ2v) is 4.78. The SMILES string of the molecule is Cl.O=C(NCCc1c(F)cccc1F)C1CCCNC1. The monoisotopic (exact) mass is 304 g/mol. The van der Waals surface area contributed by atoms with Crippen molar-refractivity contribution < 1.29 is 13.6 Å². The maximum atomic E-state index is 13.4. The molecule has 1 amide bonds. The fourth-order valence-corrected chi connectivity index (χ4v) is 2.30. The van der Waals surface area contributed by atoms with Crippen molar-refractivity contribution in [2.45, 2.75) is 19.3 Å². The average Bonchev–Trinajstić information content (AvgIpc) is 2.43. The van der Waals surface area contributed by atoms with Crippen molar-refractivity contribution in [3.8, 4) is 0 Å². The van der Waals surface area contributed by atoms with Crippen molar-refractivity contribution >= 4 is 18.3 Å². The molecule has 2 rings (SSSR count). The minimum atomic E-state index is -0.561. The minimum Gasteiger partial charge on any atom is -0.355 e. The van der Waals surface area contributed by atoms with Crippen LogP contribution in [0.3, 0.4) is 0 Å². The second kappa shape index (κ2) is 8.17. The molecule has 0 aromatic heterocycles. The smallest absolute Gasteiger partial charge is 0.224 e. The molecule has 1 aliphatic heterocycles. The molecule has 0 spiro atoms. The maximum absolute atomic E-state index is 13.4. The van der Waals surface area contributed by atoms with Gasteiger partial charge in [-0.15, -0.1) is 12.4 Å². The highest BCUT2D eigenvalue weighted by Crippen LogP contribution is 2.13. The van der Waals surface area contributed by atoms with E-state index in [4.69, 9.17) is 0 Å². The summed E-state index contributed by atoms with van der Waals surface area (Å²) in [6.45, 7) is 1.89. The lowest BCUT2D eigenvalue weighted by Gasteiger charge is -2.21. The van der Waals surface area contributed by atoms with Gasteiger partial charge in [-0.1, -0.05) is 6.07 Å². The van der Waals surface area contributed by atoms with Gasteiger partial charge in [0.25, 0.3) is 0 Å². The van der Waals surface area contributed by atoms with Crippen LogP contribution in [0.25, 0.3) is 0 Å². The van der Waals surface area contributed by atoms with Gasteiger partial charge >= 0.3 is 0 Å². The third-order valence-electron chi connectivity index (χ3n) is 3.40. The van der Waals surface area contributed by atoms with Crippen molar-refractivity contribution in [3.63, 3.8) is 0 Å². The molecular weight excluding hydrogens is 286 g/mol. The Kier molecular flexibility index (Phi) is 6.88. The molecular formula is C14H19ClF2N2O. The lowest BCUT2D eigenvalue weighted by atomic mass is 9.99. The molecule has 1 aromatic rings. The van der Waals surface area contributed by atoms with Gasteiger partial charge < -0.3 is 10.6 Å². The number of benzene rings is 1. The quantitative estimate of drug-likeness (QED) is 0.894. The van der Waals surface area contributed by atoms with Crippen molar-refractivity contribution in [1.29, 1.82) is 0 Å². The molecule has 112 valence electrons. The normalized spacial score (nSPS) is 18.2. The fourth-order valence-electron chi connectivity index (χ4n) is 2.30. The zero-order valence-electron chi connectivity index (χ0n) is 11.1. The average molecular weight is 305 g/mol. The van der Waals surface area contributed by atoms with Gasteiger partial charge in [-0.05, 0) is 37.9 Å². The van der Waals surface area contributed by atoms with E-state index in [-0.39, 0.29) is 42.8 Å². The van der Waals surface area contributed by atoms with E-state index in [0.29, 0.717) is 6.54 Å². The highest BCUT2D eigenvalue weighted by atomic mass is 35.5. The number of hydrogen-bond donors (Lipinski definition) is 2. The van der Waals surface area contributed by atoms with Crippen LogP contribution >= 0.6 is 12.4 Å². The molecule has 1 fully saturated rings. The lowest BCUT2D eigenvalue weighted by molar-refractivity contribution is -0.125. The molecule has 3 nitrogen and oxygen atoms in total. The van der Waals surface area contributed by atoms with Crippen molar-refractivity contribution in [1.82, 2.24) is 10.6 Å². The first-order valence-electron chi connectivity index (χ1n) is 6.60. The van der Waals surface area contributed by atoms with Crippen LogP contribution in [0.4, 0.5) is 8.78 Å². The van der Waals surface area contributed by atoms with Gasteiger partial charge in [0.05, 0.1) is 5.92 Å². The highest BCUT2D eigenvalue weighted by Gasteiger charge is 2.20. The Morgan fingerprint density at radius 2 is 2.05 bits per heavy atom. The summed E-state index contributed by atoms with van der Waals surface area (Å²) < 4.78 is 26.7. The summed E-state index contributed by atoms with van der Waals surface area (Å²) in [5.74, 6) is -1.19. The fraction of sp³-hybridized carbons (Fsp3) is 0.500. The van der Waals surface area contributed by atoms with E-state index in [9.17, 15) is 13.6 Å². The second-order valence-electron chi connectivity index (χ2n) is 4.78. The molecule has 1 saturated heterocycles. The molecule has 0 saturated carbocycles. The highest BCUT2D eigenvalue weighted by molar-refractivity contribution is 5.85. The van der Waals surface area contributed by atoms with Gasteiger partial charge in [-0.25, -0.2) is 8.78 Å². The molecule has 0 aliphatic carbocycles. The zero-order valence-corrected chi connectivity index (χ0v) is 11.9. The molecule has 1 aliphatic rings. The van der Waals surface area contributed by atoms with Crippen LogP contribution in [0.5, 0.6) is 0 Å². The van der Waals surface area contributed by atoms with Crippen LogP contribution in [-0.4, -0.2) is 25.5 Å². The molecule has 6 heteroatoms. The summed E-state index contributed by atoms with van der Waals surface area (Å²) in [6.07, 6.45) is 2.03. The van der Waals surface area contributed by atoms with Gasteiger partial charge in [-0.3, -0.25) is 4.79 Å². The van der Waals surface area contributed by atoms with Crippen molar-refractivity contribution in [2.24, 2.45) is 5.92 Å². The van der Waals surface area contributed by atoms with E-state index in [1.807, 2.05) is 0 Å². The molecule has 0 bridgehead atoms. The number of nitrogens with one attached hydrogen (secondary N) is 2. The van der Waals surface area contributed by atoms with Gasteiger partial charge in [-0.2, -0.15) is 0 Å². The van der Waals surface area contributed by atoms with Crippen LogP contribution in [0.15, 0.2) is 18.2 Å². The minimum absolute atomic E-state index is 0. The number of piperidine rings is 1. The van der Waals surface area contributed by atoms with Crippen molar-refractivity contribution in [2.75, 3.05) is 19.6 Å². The van der Waals surface area contributed by atoms with Crippen LogP contribution in [0.1, 0.15) is 18.4 Å². The molecule has 1 unspecified atom stereocenters. The Morgan fingerprint density at radius 1 is 1.35 bits per heavy atom. The summed E-state index contributed by atoms with van der Waals surface area (Å²) in [5.41, 5.74) is 0.0320. The van der Waals surface area contributed by atoms with Gasteiger partial charge in [0, 0.05) is 18.7 Å². The van der Waals surface area contributed by atoms with E-state index >= 15 is 0 Å². The van der Waals surface area contributed by atoms with Gasteiger partial charge in [0.1, 0.15) is 11.6 Å². The van der Waals surface area contributed by atoms with Crippen LogP contribution in [0, 0.1) is 17.6 Å². The standard InChI is InChI=1S/C14H18F2N2O.ClH/c15-12-4-1-5-13(16)11(12)6-8-18-14(19)10-3-2-7-17-9-10;/h1,4-5,10,17H,2-3,6-9H2,(H,18,19);1H. The molecule has 1 atom stereocenters. The predicted molar refractivity (Wildman–Crippen MR) is 75.9 cm³/mol. The van der Waals surface area contributed by atoms with Crippen LogP contribution in [0.2, 0.25) is 0 Å². The summed E-state index contributed by atoms with van der Waals surface area (Å²) in [5, 5.41) is 5.90. The molecule has 0 radical (unpaired) electrons. The number of halogens is 3. The third kappa shape index (κ3) is 4.42. The Morgan fingerprint density at radius 3 is 2.65 bits per heavy atom. The topological polar surface area (TPSA) is 41.1 Å². The van der Waals surface area contributed by atoms with Crippen molar-refractivity contribution in [3.05, 3.63) is 35.4 Å². The molecule has 1 heterocycles. The number of amides is 1. The number of carbonyl (C=O) groups excluding carboxylic acids is 1. The molecule has 20 heavy (non-hydrogen) atoms. The molecule has 1 aromatic carbocycles. The van der Waals surface area contributed by atoms with E-state index in [1.54, 1.807) is 0 Å². The Labute approximate surface area is 123 Å². The van der Waals surface area contributed by atoms with Crippen LogP contribution < -0.4 is 10.6 Å². The summed E-state index contributed by atoms with van der Waals surface area (Å²) in [7, 11) is 0. The third-order valence-corrected chi connectivity index (χ3v) is 3.40. The largest absolute Gasteiger partial charge is 0.355 e. The Hall–Kier alpha value is -1.20. The first kappa shape index (κ1) is 16.9. The summed E-state index contributed by atoms with van der Waals surface area (Å²) >= 11 is 0. The maximum Gasteiger partial charge on any atom is 0.224 e. The number of rotatable bonds is 4. The number of hydrogen-bond acceptors (Lipinski definition) is 2. The lowest BCUT2D eigenvalue weighted by Crippen LogP contribution is -2.41. The number of carbonyl (C=O) groups is 1. The summed E-state index contributed by atoms with van der Waals surface area (Å²) in [6, 6.07) is 3.79. The van der Waals surface area contributed by atoms with Crippen LogP contribution in [-0.2, 0) is 11.2 Å². The van der Waals surface area contributed by atoms with E-state index in [2.05, 4.69) is 10.6 Å². The van der Waals surface area contributed by atoms with E-state index in [0.717, 1.165) is 19.4 Å². The van der Waals surface area contributed by atoms with E-state index < -0.39 is 11.6 Å². The van der Waals surface area contributed by atoms with Gasteiger partial charge in [0.15, 0.2) is 0 Å². The zero-order chi connectivity index (χ0) is 13.7.